The van der Waals surface area contributed by atoms with E-state index in [0.717, 1.165) is 107 Å². The summed E-state index contributed by atoms with van der Waals surface area (Å²) < 4.78 is 0. The van der Waals surface area contributed by atoms with Gasteiger partial charge in [-0.3, -0.25) is 4.90 Å². The molecule has 0 bridgehead atoms. The third-order valence-electron chi connectivity index (χ3n) is 18.3. The van der Waals surface area contributed by atoms with Crippen LogP contribution >= 0.6 is 0 Å². The van der Waals surface area contributed by atoms with Gasteiger partial charge in [-0.1, -0.05) is 99.1 Å². The Bertz CT molecular complexity index is 1030. The van der Waals surface area contributed by atoms with E-state index in [4.69, 9.17) is 0 Å². The van der Waals surface area contributed by atoms with Crippen molar-refractivity contribution >= 4 is 6.71 Å². The van der Waals surface area contributed by atoms with Gasteiger partial charge in [-0.05, 0) is 159 Å². The van der Waals surface area contributed by atoms with Crippen molar-refractivity contribution in [3.63, 3.8) is 0 Å². The molecule has 0 aromatic carbocycles. The number of hydrogen-bond donors (Lipinski definition) is 1. The zero-order valence-electron chi connectivity index (χ0n) is 32.4. The highest BCUT2D eigenvalue weighted by Gasteiger charge is 2.65. The summed E-state index contributed by atoms with van der Waals surface area (Å²) in [5.41, 5.74) is 0.530. The Labute approximate surface area is 293 Å². The number of nitrogens with one attached hydrogen (secondary N) is 1. The first kappa shape index (κ1) is 34.1. The van der Waals surface area contributed by atoms with Crippen LogP contribution in [0.5, 0.6) is 0 Å². The summed E-state index contributed by atoms with van der Waals surface area (Å²) in [5, 5.41) is 4.51. The molecule has 1 N–H and O–H groups in total. The average molecular weight is 645 g/mol. The molecule has 0 amide bonds. The van der Waals surface area contributed by atoms with Crippen LogP contribution in [0.4, 0.5) is 0 Å². The predicted octanol–water partition coefficient (Wildman–Crippen LogP) is 11.4. The van der Waals surface area contributed by atoms with Gasteiger partial charge < -0.3 is 5.32 Å². The molecule has 14 unspecified atom stereocenters. The molecule has 0 spiro atoms. The summed E-state index contributed by atoms with van der Waals surface area (Å²) in [6.45, 7) is 23.6. The molecule has 8 rings (SSSR count). The first-order valence-corrected chi connectivity index (χ1v) is 22.1. The second-order valence-electron chi connectivity index (χ2n) is 21.3. The molecule has 2 aliphatic heterocycles. The molecule has 2 nitrogen and oxygen atoms in total. The van der Waals surface area contributed by atoms with Crippen molar-refractivity contribution in [2.75, 3.05) is 6.54 Å². The largest absolute Gasteiger partial charge is 0.302 e. The molecular weight excluding hydrogens is 567 g/mol. The molecule has 8 aliphatic rings. The highest BCUT2D eigenvalue weighted by molar-refractivity contribution is 6.64. The number of fused-ring (bicyclic) bond motifs is 7. The predicted molar refractivity (Wildman–Crippen MR) is 202 cm³/mol. The van der Waals surface area contributed by atoms with Crippen LogP contribution < -0.4 is 5.32 Å². The van der Waals surface area contributed by atoms with Gasteiger partial charge in [-0.25, -0.2) is 0 Å². The van der Waals surface area contributed by atoms with Gasteiger partial charge in [0.1, 0.15) is 0 Å². The second kappa shape index (κ2) is 13.2. The maximum Gasteiger partial charge on any atom is 0.152 e. The maximum atomic E-state index is 4.51. The van der Waals surface area contributed by atoms with E-state index in [1.165, 1.54) is 90.0 Å². The molecule has 8 fully saturated rings. The van der Waals surface area contributed by atoms with E-state index in [1.807, 2.05) is 0 Å². The van der Waals surface area contributed by atoms with Crippen molar-refractivity contribution in [1.82, 2.24) is 10.2 Å². The van der Waals surface area contributed by atoms with E-state index in [9.17, 15) is 0 Å². The standard InChI is InChI=1S/C44H77BN2/c1-26-21-28(3)41(29(4)22-26)45(42-30(5)23-27(2)24-31(42)6)32-17-20-39(46-25-32)47-38-16-12-10-14-34(38)36-19-18-35-33-13-9-11-15-37(33)44(7,8)40(35)43(36)47/h26-43,46H,9-25H2,1-8H3. The first-order chi connectivity index (χ1) is 22.6. The van der Waals surface area contributed by atoms with Crippen molar-refractivity contribution < 1.29 is 0 Å². The molecule has 0 radical (unpaired) electrons. The monoisotopic (exact) mass is 645 g/mol. The Morgan fingerprint density at radius 2 is 1.13 bits per heavy atom. The van der Waals surface area contributed by atoms with Crippen molar-refractivity contribution in [3.05, 3.63) is 0 Å². The zero-order chi connectivity index (χ0) is 32.8. The van der Waals surface area contributed by atoms with Gasteiger partial charge in [0.15, 0.2) is 6.71 Å². The molecular formula is C44H77BN2. The third-order valence-corrected chi connectivity index (χ3v) is 18.3. The van der Waals surface area contributed by atoms with Gasteiger partial charge in [0.25, 0.3) is 0 Å². The smallest absolute Gasteiger partial charge is 0.152 e. The molecule has 47 heavy (non-hydrogen) atoms. The van der Waals surface area contributed by atoms with Crippen LogP contribution in [0.3, 0.4) is 0 Å². The molecule has 6 saturated carbocycles. The minimum atomic E-state index is 0.530. The lowest BCUT2D eigenvalue weighted by atomic mass is 9.20. The maximum absolute atomic E-state index is 4.51. The van der Waals surface area contributed by atoms with Gasteiger partial charge in [0.2, 0.25) is 0 Å². The van der Waals surface area contributed by atoms with Crippen molar-refractivity contribution in [2.45, 2.75) is 194 Å². The molecule has 0 aromatic heterocycles. The number of hydrogen-bond acceptors (Lipinski definition) is 2. The highest BCUT2D eigenvalue weighted by Crippen LogP contribution is 2.68. The average Bonchev–Trinajstić information content (AvgIpc) is 3.48. The Balaban J connectivity index is 1.07. The topological polar surface area (TPSA) is 15.3 Å². The fourth-order valence-corrected chi connectivity index (χ4v) is 17.4. The Morgan fingerprint density at radius 3 is 1.72 bits per heavy atom. The van der Waals surface area contributed by atoms with Gasteiger partial charge >= 0.3 is 0 Å². The number of piperidine rings is 1. The quantitative estimate of drug-likeness (QED) is 0.306. The van der Waals surface area contributed by atoms with Crippen molar-refractivity contribution in [3.8, 4) is 0 Å². The van der Waals surface area contributed by atoms with Gasteiger partial charge in [-0.2, -0.15) is 0 Å². The van der Waals surface area contributed by atoms with Crippen LogP contribution in [-0.4, -0.2) is 36.4 Å². The minimum absolute atomic E-state index is 0.530. The lowest BCUT2D eigenvalue weighted by Crippen LogP contribution is -2.60. The van der Waals surface area contributed by atoms with E-state index >= 15 is 0 Å². The number of likely N-dealkylation sites (tertiary alicyclic amines) is 1. The minimum Gasteiger partial charge on any atom is -0.302 e. The summed E-state index contributed by atoms with van der Waals surface area (Å²) in [6.07, 6.45) is 24.7. The zero-order valence-corrected chi connectivity index (χ0v) is 32.4. The normalized spacial score (nSPS) is 54.6. The fraction of sp³-hybridized carbons (Fsp3) is 1.00. The lowest BCUT2D eigenvalue weighted by Gasteiger charge is -2.54. The van der Waals surface area contributed by atoms with Gasteiger partial charge in [-0.15, -0.1) is 0 Å². The van der Waals surface area contributed by atoms with Crippen molar-refractivity contribution in [2.24, 2.45) is 76.4 Å². The summed E-state index contributed by atoms with van der Waals surface area (Å²) in [5.74, 6) is 14.2. The Morgan fingerprint density at radius 1 is 0.574 bits per heavy atom. The summed E-state index contributed by atoms with van der Waals surface area (Å²) in [7, 11) is 0. The SMILES string of the molecule is CC1CC(C)C(B(C2CCC(N3C4CCCCC4C4CCC5C6CCCCC6C(C)(C)C5C43)NC2)C2C(C)CC(C)CC2C)C(C)C1. The summed E-state index contributed by atoms with van der Waals surface area (Å²) >= 11 is 0. The number of rotatable bonds is 4. The van der Waals surface area contributed by atoms with E-state index in [-0.39, 0.29) is 0 Å². The number of nitrogens with zero attached hydrogens (tertiary/aromatic N) is 1. The molecule has 2 heterocycles. The van der Waals surface area contributed by atoms with Crippen LogP contribution in [0.15, 0.2) is 0 Å². The van der Waals surface area contributed by atoms with Crippen LogP contribution in [0, 0.1) is 76.4 Å². The van der Waals surface area contributed by atoms with E-state index in [1.54, 1.807) is 19.3 Å². The van der Waals surface area contributed by atoms with Crippen molar-refractivity contribution in [1.29, 1.82) is 0 Å². The molecule has 14 atom stereocenters. The van der Waals surface area contributed by atoms with Gasteiger partial charge in [0, 0.05) is 12.1 Å². The summed E-state index contributed by atoms with van der Waals surface area (Å²) in [4.78, 5) is 3.32. The summed E-state index contributed by atoms with van der Waals surface area (Å²) in [6, 6.07) is 1.74. The first-order valence-electron chi connectivity index (χ1n) is 22.1. The Hall–Kier alpha value is -0.0151. The van der Waals surface area contributed by atoms with Crippen LogP contribution in [0.25, 0.3) is 0 Å². The highest BCUT2D eigenvalue weighted by atomic mass is 15.3. The second-order valence-corrected chi connectivity index (χ2v) is 21.3. The van der Waals surface area contributed by atoms with E-state index in [2.05, 4.69) is 65.6 Å². The van der Waals surface area contributed by atoms with Crippen LogP contribution in [0.1, 0.15) is 158 Å². The Kier molecular flexibility index (Phi) is 9.57. The molecule has 3 heteroatoms. The van der Waals surface area contributed by atoms with Crippen LogP contribution in [0.2, 0.25) is 17.5 Å². The molecule has 266 valence electrons. The molecule has 6 aliphatic carbocycles. The lowest BCUT2D eigenvalue weighted by molar-refractivity contribution is -0.0230. The van der Waals surface area contributed by atoms with E-state index in [0.29, 0.717) is 11.6 Å². The molecule has 0 aromatic rings. The van der Waals surface area contributed by atoms with Crippen LogP contribution in [-0.2, 0) is 0 Å². The third kappa shape index (κ3) is 5.70. The fourth-order valence-electron chi connectivity index (χ4n) is 17.4. The molecule has 2 saturated heterocycles. The van der Waals surface area contributed by atoms with E-state index < -0.39 is 0 Å². The van der Waals surface area contributed by atoms with Gasteiger partial charge in [0.05, 0.1) is 6.17 Å².